The molecule has 0 saturated carbocycles. The van der Waals surface area contributed by atoms with Crippen molar-refractivity contribution in [2.24, 2.45) is 34.0 Å². The third kappa shape index (κ3) is 21.6. The molecule has 0 spiro atoms. The molecule has 0 fully saturated rings. The van der Waals surface area contributed by atoms with Gasteiger partial charge >= 0.3 is 23.9 Å². The van der Waals surface area contributed by atoms with Gasteiger partial charge in [-0.25, -0.2) is 4.79 Å². The topological polar surface area (TPSA) is 434 Å². The van der Waals surface area contributed by atoms with Crippen LogP contribution in [0.4, 0.5) is 0 Å². The molecule has 1 rings (SSSR count). The number of aliphatic imine (C=N–C) groups is 1. The highest BCUT2D eigenvalue weighted by Gasteiger charge is 2.36. The van der Waals surface area contributed by atoms with E-state index in [9.17, 15) is 73.5 Å². The number of guanidine groups is 1. The maximum Gasteiger partial charge on any atom is 0.326 e. The van der Waals surface area contributed by atoms with Gasteiger partial charge in [-0.2, -0.15) is 0 Å². The third-order valence-electron chi connectivity index (χ3n) is 10.2. The van der Waals surface area contributed by atoms with Gasteiger partial charge in [0, 0.05) is 25.8 Å². The molecule has 6 amide bonds. The van der Waals surface area contributed by atoms with E-state index in [2.05, 4.69) is 36.9 Å². The summed E-state index contributed by atoms with van der Waals surface area (Å²) >= 11 is 0. The molecule has 0 saturated heterocycles. The molecule has 0 heterocycles. The molecule has 17 N–H and O–H groups in total. The lowest BCUT2D eigenvalue weighted by molar-refractivity contribution is -0.144. The molecule has 0 aliphatic heterocycles. The van der Waals surface area contributed by atoms with Crippen LogP contribution in [0.25, 0.3) is 0 Å². The minimum Gasteiger partial charge on any atom is -0.508 e. The van der Waals surface area contributed by atoms with Crippen LogP contribution in [0.1, 0.15) is 91.0 Å². The number of carboxylic acid groups (broad SMARTS) is 4. The van der Waals surface area contributed by atoms with Crippen LogP contribution in [-0.2, 0) is 54.4 Å². The Morgan fingerprint density at radius 3 is 1.36 bits per heavy atom. The van der Waals surface area contributed by atoms with Crippen molar-refractivity contribution in [1.82, 2.24) is 31.9 Å². The Labute approximate surface area is 380 Å². The maximum absolute atomic E-state index is 13.9. The second-order valence-electron chi connectivity index (χ2n) is 15.9. The first-order chi connectivity index (χ1) is 30.9. The lowest BCUT2D eigenvalue weighted by atomic mass is 9.96. The number of nitrogens with one attached hydrogen (secondary N) is 6. The fourth-order valence-corrected chi connectivity index (χ4v) is 6.17. The number of aliphatic carboxylic acids is 4. The summed E-state index contributed by atoms with van der Waals surface area (Å²) in [6, 6.07) is -4.84. The second-order valence-corrected chi connectivity index (χ2v) is 15.9. The van der Waals surface area contributed by atoms with Gasteiger partial charge in [0.25, 0.3) is 0 Å². The summed E-state index contributed by atoms with van der Waals surface area (Å²) in [5, 5.41) is 61.8. The summed E-state index contributed by atoms with van der Waals surface area (Å²) in [6.45, 7) is 6.39. The Kier molecular flexibility index (Phi) is 24.8. The summed E-state index contributed by atoms with van der Waals surface area (Å²) in [7, 11) is 0. The fraction of sp³-hybridized carbons (Fsp3) is 0.585. The average Bonchev–Trinajstić information content (AvgIpc) is 3.23. The van der Waals surface area contributed by atoms with Crippen molar-refractivity contribution >= 4 is 65.3 Å². The van der Waals surface area contributed by atoms with Gasteiger partial charge in [-0.1, -0.05) is 46.2 Å². The minimum absolute atomic E-state index is 0.0345. The molecule has 1 aromatic rings. The molecule has 1 aromatic carbocycles. The number of rotatable bonds is 31. The van der Waals surface area contributed by atoms with E-state index in [1.807, 2.05) is 0 Å². The molecule has 0 radical (unpaired) electrons. The molecule has 66 heavy (non-hydrogen) atoms. The zero-order chi connectivity index (χ0) is 50.3. The summed E-state index contributed by atoms with van der Waals surface area (Å²) < 4.78 is 0. The van der Waals surface area contributed by atoms with Crippen molar-refractivity contribution in [3.8, 4) is 5.75 Å². The van der Waals surface area contributed by atoms with Gasteiger partial charge in [0.1, 0.15) is 42.0 Å². The molecule has 0 aromatic heterocycles. The van der Waals surface area contributed by atoms with Crippen LogP contribution in [0.5, 0.6) is 5.75 Å². The second kappa shape index (κ2) is 28.7. The van der Waals surface area contributed by atoms with Crippen LogP contribution in [0.3, 0.4) is 0 Å². The number of benzene rings is 1. The Balaban J connectivity index is 3.46. The zero-order valence-electron chi connectivity index (χ0n) is 37.3. The number of carboxylic acids is 4. The number of carbonyl (C=O) groups is 10. The number of hydrogen-bond donors (Lipinski definition) is 14. The van der Waals surface area contributed by atoms with Gasteiger partial charge in [0.15, 0.2) is 5.96 Å². The molecule has 8 unspecified atom stereocenters. The third-order valence-corrected chi connectivity index (χ3v) is 10.2. The Hall–Kier alpha value is -7.05. The van der Waals surface area contributed by atoms with Crippen LogP contribution in [0, 0.1) is 11.8 Å². The van der Waals surface area contributed by atoms with E-state index in [1.165, 1.54) is 24.3 Å². The smallest absolute Gasteiger partial charge is 0.326 e. The first-order valence-corrected chi connectivity index (χ1v) is 21.2. The van der Waals surface area contributed by atoms with E-state index in [0.29, 0.717) is 5.56 Å². The van der Waals surface area contributed by atoms with Crippen LogP contribution >= 0.6 is 0 Å². The van der Waals surface area contributed by atoms with Crippen LogP contribution in [0.15, 0.2) is 29.3 Å². The van der Waals surface area contributed by atoms with E-state index in [1.54, 1.807) is 27.7 Å². The number of hydrogen-bond acceptors (Lipinski definition) is 13. The van der Waals surface area contributed by atoms with Gasteiger partial charge in [-0.05, 0) is 68.1 Å². The van der Waals surface area contributed by atoms with Crippen molar-refractivity contribution in [1.29, 1.82) is 0 Å². The van der Waals surface area contributed by atoms with Crippen LogP contribution < -0.4 is 49.1 Å². The SMILES string of the molecule is CCC(C)C(NC(=O)C(CCC(=O)O)NC(=O)C(CCC(=O)O)NC(=O)C(CCC(=O)O)NC(=O)C(N)Cc1ccc(O)cc1)C(=O)NC(CCCN=C(N)N)C(=O)NC(C(=O)O)C(C)C. The number of phenols is 1. The van der Waals surface area contributed by atoms with E-state index in [4.69, 9.17) is 17.2 Å². The normalized spacial score (nSPS) is 14.6. The quantitative estimate of drug-likeness (QED) is 0.0210. The highest BCUT2D eigenvalue weighted by molar-refractivity contribution is 5.97. The number of carbonyl (C=O) groups excluding carboxylic acids is 6. The van der Waals surface area contributed by atoms with Crippen molar-refractivity contribution in [2.75, 3.05) is 6.54 Å². The number of nitrogens with two attached hydrogens (primary N) is 3. The summed E-state index contributed by atoms with van der Waals surface area (Å²) in [5.41, 5.74) is 17.3. The Bertz CT molecular complexity index is 1890. The summed E-state index contributed by atoms with van der Waals surface area (Å²) in [6.07, 6.45) is -3.55. The van der Waals surface area contributed by atoms with Crippen molar-refractivity contribution in [2.45, 2.75) is 134 Å². The van der Waals surface area contributed by atoms with Gasteiger partial charge in [0.2, 0.25) is 35.4 Å². The average molecular weight is 937 g/mol. The van der Waals surface area contributed by atoms with E-state index in [-0.39, 0.29) is 43.9 Å². The largest absolute Gasteiger partial charge is 0.508 e. The Morgan fingerprint density at radius 2 is 0.970 bits per heavy atom. The Morgan fingerprint density at radius 1 is 0.576 bits per heavy atom. The van der Waals surface area contributed by atoms with Gasteiger partial charge in [-0.3, -0.25) is 48.1 Å². The molecule has 368 valence electrons. The molecule has 25 nitrogen and oxygen atoms in total. The van der Waals surface area contributed by atoms with Crippen molar-refractivity contribution in [3.63, 3.8) is 0 Å². The minimum atomic E-state index is -1.77. The molecule has 25 heteroatoms. The summed E-state index contributed by atoms with van der Waals surface area (Å²) in [4.78, 5) is 132. The molecule has 0 aliphatic carbocycles. The monoisotopic (exact) mass is 936 g/mol. The van der Waals surface area contributed by atoms with Crippen molar-refractivity contribution < 1.29 is 73.5 Å². The van der Waals surface area contributed by atoms with Crippen LogP contribution in [0.2, 0.25) is 0 Å². The molecule has 0 aliphatic rings. The summed E-state index contributed by atoms with van der Waals surface area (Å²) in [5.74, 6) is -13.1. The van der Waals surface area contributed by atoms with E-state index in [0.717, 1.165) is 0 Å². The van der Waals surface area contributed by atoms with E-state index >= 15 is 0 Å². The van der Waals surface area contributed by atoms with Crippen molar-refractivity contribution in [3.05, 3.63) is 29.8 Å². The lowest BCUT2D eigenvalue weighted by Gasteiger charge is -2.29. The number of nitrogens with zero attached hydrogens (tertiary/aromatic N) is 1. The zero-order valence-corrected chi connectivity index (χ0v) is 37.3. The highest BCUT2D eigenvalue weighted by Crippen LogP contribution is 2.14. The molecule has 0 bridgehead atoms. The maximum atomic E-state index is 13.9. The van der Waals surface area contributed by atoms with E-state index < -0.39 is 152 Å². The first kappa shape index (κ1) is 57.0. The number of amides is 6. The standard InChI is InChI=1S/C41H64N10O15/c1-5-21(4)33(39(64)49-25(7-6-18-45-41(43)44)37(62)50-32(20(2)3)40(65)66)51-38(63)28(14-17-31(57)58)48-36(61)27(13-16-30(55)56)47-35(60)26(12-15-29(53)54)46-34(59)24(42)19-22-8-10-23(52)11-9-22/h8-11,20-21,24-28,32-33,52H,5-7,12-19,42H2,1-4H3,(H,46,59)(H,47,60)(H,48,61)(H,49,64)(H,50,62)(H,51,63)(H,53,54)(H,55,56)(H,57,58)(H,65,66)(H4,43,44,45). The van der Waals surface area contributed by atoms with Gasteiger partial charge < -0.3 is 74.6 Å². The van der Waals surface area contributed by atoms with Crippen LogP contribution in [-0.4, -0.2) is 140 Å². The fourth-order valence-electron chi connectivity index (χ4n) is 6.17. The van der Waals surface area contributed by atoms with Gasteiger partial charge in [-0.15, -0.1) is 0 Å². The molecular weight excluding hydrogens is 873 g/mol. The van der Waals surface area contributed by atoms with Gasteiger partial charge in [0.05, 0.1) is 6.04 Å². The highest BCUT2D eigenvalue weighted by atomic mass is 16.4. The molecule has 8 atom stereocenters. The number of phenolic OH excluding ortho intramolecular Hbond substituents is 1. The first-order valence-electron chi connectivity index (χ1n) is 21.2. The molecular formula is C41H64N10O15. The number of aromatic hydroxyl groups is 1. The lowest BCUT2D eigenvalue weighted by Crippen LogP contribution is -2.61. The predicted molar refractivity (Wildman–Crippen MR) is 234 cm³/mol. The predicted octanol–water partition coefficient (Wildman–Crippen LogP) is -2.39.